The summed E-state index contributed by atoms with van der Waals surface area (Å²) in [5.41, 5.74) is 0.875. The Hall–Kier alpha value is -1.47. The van der Waals surface area contributed by atoms with Gasteiger partial charge in [-0.05, 0) is 19.1 Å². The molecule has 0 atom stereocenters. The number of aliphatic hydroxyl groups excluding tert-OH is 3. The van der Waals surface area contributed by atoms with Crippen LogP contribution in [0.1, 0.15) is 12.7 Å². The molecule has 0 bridgehead atoms. The summed E-state index contributed by atoms with van der Waals surface area (Å²) in [4.78, 5) is 4.55. The summed E-state index contributed by atoms with van der Waals surface area (Å²) in [7, 11) is 0. The van der Waals surface area contributed by atoms with Crippen molar-refractivity contribution < 1.29 is 15.3 Å². The fraction of sp³-hybridized carbons (Fsp3) is 0.500. The molecule has 0 aliphatic carbocycles. The average Bonchev–Trinajstić information content (AvgIpc) is 2.87. The number of benzene rings is 1. The molecule has 0 aliphatic rings. The number of aromatic nitrogens is 2. The Balaban J connectivity index is 2.25. The lowest BCUT2D eigenvalue weighted by atomic mass is 10.0. The van der Waals surface area contributed by atoms with Crippen molar-refractivity contribution in [2.75, 3.05) is 19.8 Å². The number of imidazole rings is 1. The molecule has 6 heteroatoms. The maximum absolute atomic E-state index is 9.31. The van der Waals surface area contributed by atoms with Gasteiger partial charge in [0.1, 0.15) is 5.82 Å². The molecule has 1 aromatic carbocycles. The first kappa shape index (κ1) is 14.9. The number of rotatable bonds is 7. The van der Waals surface area contributed by atoms with E-state index < -0.39 is 5.54 Å². The van der Waals surface area contributed by atoms with E-state index in [1.165, 1.54) is 0 Å². The fourth-order valence-corrected chi connectivity index (χ4v) is 2.20. The highest BCUT2D eigenvalue weighted by molar-refractivity contribution is 5.75. The van der Waals surface area contributed by atoms with E-state index in [1.807, 2.05) is 31.2 Å². The van der Waals surface area contributed by atoms with Crippen molar-refractivity contribution in [3.8, 4) is 0 Å². The zero-order chi connectivity index (χ0) is 14.6. The zero-order valence-corrected chi connectivity index (χ0v) is 11.6. The van der Waals surface area contributed by atoms with Crippen LogP contribution in [-0.2, 0) is 13.1 Å². The van der Waals surface area contributed by atoms with Crippen LogP contribution in [0.5, 0.6) is 0 Å². The molecule has 0 fully saturated rings. The highest BCUT2D eigenvalue weighted by Crippen LogP contribution is 2.16. The van der Waals surface area contributed by atoms with Gasteiger partial charge in [-0.1, -0.05) is 12.1 Å². The van der Waals surface area contributed by atoms with E-state index in [0.29, 0.717) is 6.54 Å². The van der Waals surface area contributed by atoms with E-state index in [1.54, 1.807) is 0 Å². The Morgan fingerprint density at radius 3 is 2.40 bits per heavy atom. The minimum atomic E-state index is -1.09. The summed E-state index contributed by atoms with van der Waals surface area (Å²) in [5.74, 6) is 0.813. The first-order valence-electron chi connectivity index (χ1n) is 6.71. The molecule has 0 aliphatic heterocycles. The van der Waals surface area contributed by atoms with Crippen LogP contribution in [-0.4, -0.2) is 50.2 Å². The van der Waals surface area contributed by atoms with Crippen molar-refractivity contribution in [1.82, 2.24) is 14.9 Å². The third-order valence-electron chi connectivity index (χ3n) is 3.58. The summed E-state index contributed by atoms with van der Waals surface area (Å²) in [6.07, 6.45) is 0. The standard InChI is InChI=1S/C14H21N3O3/c1-2-17-12-6-4-3-5-11(12)16-13(17)7-15-14(8-18,9-19)10-20/h3-6,15,18-20H,2,7-10H2,1H3. The second-order valence-corrected chi connectivity index (χ2v) is 4.87. The fourth-order valence-electron chi connectivity index (χ4n) is 2.20. The molecule has 0 spiro atoms. The second kappa shape index (κ2) is 6.32. The second-order valence-electron chi connectivity index (χ2n) is 4.87. The highest BCUT2D eigenvalue weighted by Gasteiger charge is 2.27. The third-order valence-corrected chi connectivity index (χ3v) is 3.58. The average molecular weight is 279 g/mol. The van der Waals surface area contributed by atoms with Crippen LogP contribution in [0.25, 0.3) is 11.0 Å². The van der Waals surface area contributed by atoms with Crippen molar-refractivity contribution in [1.29, 1.82) is 0 Å². The molecule has 6 nitrogen and oxygen atoms in total. The Kier molecular flexibility index (Phi) is 4.72. The largest absolute Gasteiger partial charge is 0.394 e. The molecule has 4 N–H and O–H groups in total. The van der Waals surface area contributed by atoms with Gasteiger partial charge in [-0.25, -0.2) is 4.98 Å². The van der Waals surface area contributed by atoms with Crippen LogP contribution < -0.4 is 5.32 Å². The van der Waals surface area contributed by atoms with Crippen LogP contribution in [0.2, 0.25) is 0 Å². The molecule has 1 heterocycles. The quantitative estimate of drug-likeness (QED) is 0.566. The van der Waals surface area contributed by atoms with Gasteiger partial charge in [-0.2, -0.15) is 0 Å². The third kappa shape index (κ3) is 2.69. The summed E-state index contributed by atoms with van der Waals surface area (Å²) >= 11 is 0. The zero-order valence-electron chi connectivity index (χ0n) is 11.6. The van der Waals surface area contributed by atoms with Crippen molar-refractivity contribution in [2.45, 2.75) is 25.6 Å². The van der Waals surface area contributed by atoms with Gasteiger partial charge in [0.05, 0.1) is 42.9 Å². The lowest BCUT2D eigenvalue weighted by Gasteiger charge is -2.28. The minimum Gasteiger partial charge on any atom is -0.394 e. The number of hydrogen-bond donors (Lipinski definition) is 4. The summed E-state index contributed by atoms with van der Waals surface area (Å²) in [5, 5.41) is 30.9. The van der Waals surface area contributed by atoms with Crippen molar-refractivity contribution >= 4 is 11.0 Å². The molecule has 2 aromatic rings. The predicted molar refractivity (Wildman–Crippen MR) is 76.2 cm³/mol. The Morgan fingerprint density at radius 1 is 1.15 bits per heavy atom. The van der Waals surface area contributed by atoms with E-state index >= 15 is 0 Å². The van der Waals surface area contributed by atoms with Crippen LogP contribution >= 0.6 is 0 Å². The Bertz CT molecular complexity index is 556. The van der Waals surface area contributed by atoms with Gasteiger partial charge >= 0.3 is 0 Å². The maximum Gasteiger partial charge on any atom is 0.123 e. The van der Waals surface area contributed by atoms with Gasteiger partial charge in [0.15, 0.2) is 0 Å². The monoisotopic (exact) mass is 279 g/mol. The topological polar surface area (TPSA) is 90.5 Å². The molecule has 0 saturated heterocycles. The number of fused-ring (bicyclic) bond motifs is 1. The molecule has 2 rings (SSSR count). The SMILES string of the molecule is CCn1c(CNC(CO)(CO)CO)nc2ccccc21. The van der Waals surface area contributed by atoms with Crippen molar-refractivity contribution in [3.05, 3.63) is 30.1 Å². The van der Waals surface area contributed by atoms with E-state index in [4.69, 9.17) is 0 Å². The number of hydrogen-bond acceptors (Lipinski definition) is 5. The molecule has 0 radical (unpaired) electrons. The first-order chi connectivity index (χ1) is 9.69. The number of nitrogens with one attached hydrogen (secondary N) is 1. The van der Waals surface area contributed by atoms with Gasteiger partial charge in [0.2, 0.25) is 0 Å². The number of aryl methyl sites for hydroxylation is 1. The van der Waals surface area contributed by atoms with Gasteiger partial charge in [-0.3, -0.25) is 5.32 Å². The molecule has 0 unspecified atom stereocenters. The minimum absolute atomic E-state index is 0.341. The predicted octanol–water partition coefficient (Wildman–Crippen LogP) is -0.138. The summed E-state index contributed by atoms with van der Waals surface area (Å²) < 4.78 is 2.07. The smallest absolute Gasteiger partial charge is 0.123 e. The van der Waals surface area contributed by atoms with Crippen molar-refractivity contribution in [2.24, 2.45) is 0 Å². The molecule has 0 amide bonds. The first-order valence-corrected chi connectivity index (χ1v) is 6.71. The van der Waals surface area contributed by atoms with Crippen LogP contribution in [0.15, 0.2) is 24.3 Å². The molecule has 1 aromatic heterocycles. The van der Waals surface area contributed by atoms with Gasteiger partial charge < -0.3 is 19.9 Å². The summed E-state index contributed by atoms with van der Waals surface area (Å²) in [6.45, 7) is 2.16. The van der Waals surface area contributed by atoms with E-state index in [0.717, 1.165) is 23.4 Å². The number of nitrogens with zero attached hydrogens (tertiary/aromatic N) is 2. The molecule has 20 heavy (non-hydrogen) atoms. The number of aliphatic hydroxyl groups is 3. The van der Waals surface area contributed by atoms with Crippen LogP contribution in [0.4, 0.5) is 0 Å². The van der Waals surface area contributed by atoms with E-state index in [9.17, 15) is 15.3 Å². The Morgan fingerprint density at radius 2 is 1.80 bits per heavy atom. The van der Waals surface area contributed by atoms with E-state index in [2.05, 4.69) is 14.9 Å². The molecule has 0 saturated carbocycles. The Labute approximate surface area is 117 Å². The summed E-state index contributed by atoms with van der Waals surface area (Å²) in [6, 6.07) is 7.86. The van der Waals surface area contributed by atoms with Gasteiger partial charge in [0, 0.05) is 6.54 Å². The lowest BCUT2D eigenvalue weighted by Crippen LogP contribution is -2.54. The van der Waals surface area contributed by atoms with Crippen LogP contribution in [0.3, 0.4) is 0 Å². The van der Waals surface area contributed by atoms with Gasteiger partial charge in [0.25, 0.3) is 0 Å². The highest BCUT2D eigenvalue weighted by atomic mass is 16.3. The number of para-hydroxylation sites is 2. The maximum atomic E-state index is 9.31. The molecular weight excluding hydrogens is 258 g/mol. The van der Waals surface area contributed by atoms with Gasteiger partial charge in [-0.15, -0.1) is 0 Å². The van der Waals surface area contributed by atoms with Crippen LogP contribution in [0, 0.1) is 0 Å². The lowest BCUT2D eigenvalue weighted by molar-refractivity contribution is 0.0407. The van der Waals surface area contributed by atoms with E-state index in [-0.39, 0.29) is 19.8 Å². The normalized spacial score (nSPS) is 12.2. The van der Waals surface area contributed by atoms with Crippen molar-refractivity contribution in [3.63, 3.8) is 0 Å². The molecule has 110 valence electrons. The molecular formula is C14H21N3O3.